The van der Waals surface area contributed by atoms with Crippen LogP contribution in [0.15, 0.2) is 42.5 Å². The van der Waals surface area contributed by atoms with E-state index in [0.717, 1.165) is 16.6 Å². The van der Waals surface area contributed by atoms with E-state index in [1.807, 2.05) is 0 Å². The van der Waals surface area contributed by atoms with Crippen molar-refractivity contribution < 1.29 is 22.9 Å². The van der Waals surface area contributed by atoms with Crippen molar-refractivity contribution in [3.8, 4) is 0 Å². The van der Waals surface area contributed by atoms with Gasteiger partial charge in [-0.05, 0) is 37.1 Å². The minimum absolute atomic E-state index is 0.0130. The molecule has 12 heteroatoms. The fourth-order valence-corrected chi connectivity index (χ4v) is 4.18. The highest BCUT2D eigenvalue weighted by atomic mass is 35.5. The number of nitrogens with one attached hydrogen (secondary N) is 1. The summed E-state index contributed by atoms with van der Waals surface area (Å²) in [6, 6.07) is 9.52. The van der Waals surface area contributed by atoms with Crippen LogP contribution < -0.4 is 9.62 Å². The molecule has 0 radical (unpaired) electrons. The Morgan fingerprint density at radius 1 is 1.18 bits per heavy atom. The van der Waals surface area contributed by atoms with Crippen LogP contribution in [0, 0.1) is 17.0 Å². The number of nitro groups is 1. The molecule has 0 fully saturated rings. The SMILES string of the molecule is CNC(=O)[C@H](C)N(Cc1ccc(Cl)cc1)C(=O)CN(c1cc([N+](=O)[O-])ccc1C)S(C)(=O)=O. The van der Waals surface area contributed by atoms with Gasteiger partial charge >= 0.3 is 0 Å². The maximum absolute atomic E-state index is 13.3. The van der Waals surface area contributed by atoms with Gasteiger partial charge in [-0.25, -0.2) is 8.42 Å². The second-order valence-electron chi connectivity index (χ2n) is 7.44. The predicted octanol–water partition coefficient (Wildman–Crippen LogP) is 2.49. The van der Waals surface area contributed by atoms with Crippen LogP contribution in [0.2, 0.25) is 5.02 Å². The van der Waals surface area contributed by atoms with Crippen molar-refractivity contribution in [3.05, 3.63) is 68.7 Å². The topological polar surface area (TPSA) is 130 Å². The molecule has 1 atom stereocenters. The fraction of sp³-hybridized carbons (Fsp3) is 0.333. The Kier molecular flexibility index (Phi) is 8.39. The Morgan fingerprint density at radius 3 is 2.30 bits per heavy atom. The van der Waals surface area contributed by atoms with Gasteiger partial charge in [0.1, 0.15) is 12.6 Å². The van der Waals surface area contributed by atoms with Crippen LogP contribution in [0.1, 0.15) is 18.1 Å². The monoisotopic (exact) mass is 496 g/mol. The maximum Gasteiger partial charge on any atom is 0.271 e. The molecule has 0 bridgehead atoms. The number of aryl methyl sites for hydroxylation is 1. The van der Waals surface area contributed by atoms with Crippen LogP contribution in [0.4, 0.5) is 11.4 Å². The van der Waals surface area contributed by atoms with Crippen molar-refractivity contribution >= 4 is 44.8 Å². The molecule has 0 unspecified atom stereocenters. The standard InChI is InChI=1S/C21H25ClN4O6S/c1-14-5-10-18(26(29)30)11-19(14)25(33(4,31)32)13-20(27)24(15(2)21(28)23-3)12-16-6-8-17(22)9-7-16/h5-11,15H,12-13H2,1-4H3,(H,23,28)/t15-/m0/s1. The molecule has 0 heterocycles. The molecule has 2 aromatic rings. The molecule has 1 N–H and O–H groups in total. The molecule has 33 heavy (non-hydrogen) atoms. The van der Waals surface area contributed by atoms with E-state index in [2.05, 4.69) is 5.32 Å². The van der Waals surface area contributed by atoms with E-state index in [-0.39, 0.29) is 17.9 Å². The number of hydrogen-bond acceptors (Lipinski definition) is 6. The van der Waals surface area contributed by atoms with Gasteiger partial charge in [-0.3, -0.25) is 24.0 Å². The lowest BCUT2D eigenvalue weighted by molar-refractivity contribution is -0.384. The third-order valence-electron chi connectivity index (χ3n) is 5.03. The summed E-state index contributed by atoms with van der Waals surface area (Å²) in [5, 5.41) is 14.2. The molecule has 0 saturated heterocycles. The highest BCUT2D eigenvalue weighted by molar-refractivity contribution is 7.92. The smallest absolute Gasteiger partial charge is 0.271 e. The van der Waals surface area contributed by atoms with Gasteiger partial charge in [0.05, 0.1) is 16.9 Å². The van der Waals surface area contributed by atoms with Crippen LogP contribution >= 0.6 is 11.6 Å². The maximum atomic E-state index is 13.3. The number of sulfonamides is 1. The summed E-state index contributed by atoms with van der Waals surface area (Å²) in [7, 11) is -2.57. The van der Waals surface area contributed by atoms with E-state index < -0.39 is 39.3 Å². The number of hydrogen-bond donors (Lipinski definition) is 1. The summed E-state index contributed by atoms with van der Waals surface area (Å²) < 4.78 is 25.9. The van der Waals surface area contributed by atoms with Gasteiger partial charge in [0.15, 0.2) is 0 Å². The number of anilines is 1. The number of likely N-dealkylation sites (N-methyl/N-ethyl adjacent to an activating group) is 1. The van der Waals surface area contributed by atoms with Gasteiger partial charge in [-0.1, -0.05) is 29.8 Å². The van der Waals surface area contributed by atoms with Gasteiger partial charge < -0.3 is 10.2 Å². The number of amides is 2. The molecular weight excluding hydrogens is 472 g/mol. The quantitative estimate of drug-likeness (QED) is 0.419. The summed E-state index contributed by atoms with van der Waals surface area (Å²) in [5.41, 5.74) is 0.816. The van der Waals surface area contributed by atoms with E-state index >= 15 is 0 Å². The molecule has 0 aliphatic heterocycles. The van der Waals surface area contributed by atoms with Crippen LogP contribution in [-0.2, 0) is 26.2 Å². The molecule has 178 valence electrons. The zero-order valence-corrected chi connectivity index (χ0v) is 20.2. The molecule has 0 aromatic heterocycles. The Hall–Kier alpha value is -3.18. The van der Waals surface area contributed by atoms with Crippen molar-refractivity contribution in [1.29, 1.82) is 0 Å². The first-order valence-electron chi connectivity index (χ1n) is 9.83. The number of non-ortho nitro benzene ring substituents is 1. The number of halogens is 1. The molecule has 10 nitrogen and oxygen atoms in total. The summed E-state index contributed by atoms with van der Waals surface area (Å²) in [5.74, 6) is -1.09. The van der Waals surface area contributed by atoms with E-state index in [1.54, 1.807) is 31.2 Å². The number of rotatable bonds is 9. The number of nitro benzene ring substituents is 1. The van der Waals surface area contributed by atoms with Crippen molar-refractivity contribution in [3.63, 3.8) is 0 Å². The van der Waals surface area contributed by atoms with Crippen LogP contribution in [0.3, 0.4) is 0 Å². The van der Waals surface area contributed by atoms with E-state index in [1.165, 1.54) is 31.0 Å². The first kappa shape index (κ1) is 26.1. The largest absolute Gasteiger partial charge is 0.357 e. The first-order chi connectivity index (χ1) is 15.3. The van der Waals surface area contributed by atoms with Crippen molar-refractivity contribution in [2.75, 3.05) is 24.2 Å². The second-order valence-corrected chi connectivity index (χ2v) is 9.78. The van der Waals surface area contributed by atoms with E-state index in [4.69, 9.17) is 11.6 Å². The zero-order valence-electron chi connectivity index (χ0n) is 18.6. The Morgan fingerprint density at radius 2 is 1.79 bits per heavy atom. The summed E-state index contributed by atoms with van der Waals surface area (Å²) in [4.78, 5) is 37.4. The lowest BCUT2D eigenvalue weighted by atomic mass is 10.1. The van der Waals surface area contributed by atoms with E-state index in [9.17, 15) is 28.1 Å². The highest BCUT2D eigenvalue weighted by Crippen LogP contribution is 2.28. The molecule has 0 aliphatic carbocycles. The van der Waals surface area contributed by atoms with Crippen LogP contribution in [-0.4, -0.2) is 55.9 Å². The normalized spacial score (nSPS) is 12.0. The Bertz CT molecular complexity index is 1150. The lowest BCUT2D eigenvalue weighted by Gasteiger charge is -2.31. The average Bonchev–Trinajstić information content (AvgIpc) is 2.75. The zero-order chi connectivity index (χ0) is 24.9. The predicted molar refractivity (Wildman–Crippen MR) is 126 cm³/mol. The van der Waals surface area contributed by atoms with Gasteiger partial charge in [0.2, 0.25) is 21.8 Å². The summed E-state index contributed by atoms with van der Waals surface area (Å²) in [6.07, 6.45) is 0.907. The van der Waals surface area contributed by atoms with Crippen LogP contribution in [0.5, 0.6) is 0 Å². The van der Waals surface area contributed by atoms with Crippen molar-refractivity contribution in [2.45, 2.75) is 26.4 Å². The number of carbonyl (C=O) groups excluding carboxylic acids is 2. The van der Waals surface area contributed by atoms with Gasteiger partial charge in [-0.15, -0.1) is 0 Å². The Balaban J connectivity index is 2.46. The minimum atomic E-state index is -4.00. The highest BCUT2D eigenvalue weighted by Gasteiger charge is 2.30. The van der Waals surface area contributed by atoms with Gasteiger partial charge in [0, 0.05) is 30.7 Å². The first-order valence-corrected chi connectivity index (χ1v) is 12.1. The molecular formula is C21H25ClN4O6S. The third-order valence-corrected chi connectivity index (χ3v) is 6.41. The van der Waals surface area contributed by atoms with Crippen molar-refractivity contribution in [1.82, 2.24) is 10.2 Å². The molecule has 2 rings (SSSR count). The number of carbonyl (C=O) groups is 2. The Labute approximate surface area is 197 Å². The van der Waals surface area contributed by atoms with E-state index in [0.29, 0.717) is 16.1 Å². The lowest BCUT2D eigenvalue weighted by Crippen LogP contribution is -2.50. The second kappa shape index (κ2) is 10.6. The molecule has 2 amide bonds. The van der Waals surface area contributed by atoms with Crippen LogP contribution in [0.25, 0.3) is 0 Å². The third kappa shape index (κ3) is 6.65. The average molecular weight is 497 g/mol. The number of nitrogens with zero attached hydrogens (tertiary/aromatic N) is 3. The number of benzene rings is 2. The minimum Gasteiger partial charge on any atom is -0.357 e. The van der Waals surface area contributed by atoms with Gasteiger partial charge in [-0.2, -0.15) is 0 Å². The fourth-order valence-electron chi connectivity index (χ4n) is 3.15. The molecule has 0 spiro atoms. The molecule has 2 aromatic carbocycles. The molecule has 0 saturated carbocycles. The summed E-state index contributed by atoms with van der Waals surface area (Å²) >= 11 is 5.92. The van der Waals surface area contributed by atoms with Gasteiger partial charge in [0.25, 0.3) is 5.69 Å². The molecule has 0 aliphatic rings. The van der Waals surface area contributed by atoms with Crippen molar-refractivity contribution in [2.24, 2.45) is 0 Å². The summed E-state index contributed by atoms with van der Waals surface area (Å²) in [6.45, 7) is 2.49.